The highest BCUT2D eigenvalue weighted by Gasteiger charge is 1.93. The average Bonchev–Trinajstić information content (AvgIpc) is 2.21. The molecule has 1 aromatic carbocycles. The van der Waals surface area contributed by atoms with Crippen LogP contribution in [0.4, 0.5) is 0 Å². The maximum Gasteiger partial charge on any atom is 0.119 e. The molecule has 0 spiro atoms. The normalized spacial score (nSPS) is 10.1. The summed E-state index contributed by atoms with van der Waals surface area (Å²) in [5, 5.41) is 0.745. The third-order valence-electron chi connectivity index (χ3n) is 1.90. The van der Waals surface area contributed by atoms with Crippen LogP contribution >= 0.6 is 11.6 Å². The number of hydrogen-bond acceptors (Lipinski definition) is 1. The third kappa shape index (κ3) is 4.52. The first-order valence-electron chi connectivity index (χ1n) is 5.03. The van der Waals surface area contributed by atoms with Crippen LogP contribution in [0.2, 0.25) is 5.02 Å². The van der Waals surface area contributed by atoms with Gasteiger partial charge in [-0.05, 0) is 37.1 Å². The van der Waals surface area contributed by atoms with Gasteiger partial charge in [0.2, 0.25) is 0 Å². The van der Waals surface area contributed by atoms with Crippen molar-refractivity contribution in [3.05, 3.63) is 35.7 Å². The minimum Gasteiger partial charge on any atom is -0.494 e. The molecule has 1 rings (SSSR count). The Kier molecular flexibility index (Phi) is 5.46. The second kappa shape index (κ2) is 6.72. The molecule has 0 unspecified atom stereocenters. The van der Waals surface area contributed by atoms with Crippen molar-refractivity contribution in [2.75, 3.05) is 6.61 Å². The van der Waals surface area contributed by atoms with Crippen LogP contribution in [0.25, 0.3) is 0 Å². The zero-order valence-electron chi connectivity index (χ0n) is 8.50. The number of unbranched alkanes of at least 4 members (excludes halogenated alkanes) is 3. The molecule has 0 saturated carbocycles. The maximum atomic E-state index is 5.75. The number of benzene rings is 1. The van der Waals surface area contributed by atoms with Gasteiger partial charge in [-0.15, -0.1) is 0 Å². The zero-order valence-corrected chi connectivity index (χ0v) is 9.26. The molecule has 0 aliphatic carbocycles. The van der Waals surface area contributed by atoms with Crippen LogP contribution in [0.5, 0.6) is 5.75 Å². The molecule has 1 nitrogen and oxygen atoms in total. The van der Waals surface area contributed by atoms with Gasteiger partial charge in [0.15, 0.2) is 0 Å². The maximum absolute atomic E-state index is 5.75. The van der Waals surface area contributed by atoms with E-state index < -0.39 is 0 Å². The fourth-order valence-electron chi connectivity index (χ4n) is 1.14. The predicted molar refractivity (Wildman–Crippen MR) is 60.8 cm³/mol. The SMILES string of the molecule is CCC[CH]CCOc1ccc(Cl)cc1. The monoisotopic (exact) mass is 211 g/mol. The smallest absolute Gasteiger partial charge is 0.119 e. The second-order valence-corrected chi connectivity index (χ2v) is 3.60. The fraction of sp³-hybridized carbons (Fsp3) is 0.417. The molecule has 0 bridgehead atoms. The van der Waals surface area contributed by atoms with Crippen LogP contribution < -0.4 is 4.74 Å². The molecule has 0 aliphatic rings. The molecule has 0 amide bonds. The summed E-state index contributed by atoms with van der Waals surface area (Å²) in [6.45, 7) is 2.93. The Hall–Kier alpha value is -0.690. The summed E-state index contributed by atoms with van der Waals surface area (Å²) in [5.74, 6) is 0.888. The summed E-state index contributed by atoms with van der Waals surface area (Å²) >= 11 is 5.75. The van der Waals surface area contributed by atoms with E-state index in [9.17, 15) is 0 Å². The molecule has 0 aliphatic heterocycles. The molecule has 0 atom stereocenters. The molecule has 1 radical (unpaired) electrons. The van der Waals surface area contributed by atoms with Gasteiger partial charge in [0.25, 0.3) is 0 Å². The first-order chi connectivity index (χ1) is 6.83. The Bertz CT molecular complexity index is 243. The van der Waals surface area contributed by atoms with E-state index in [0.717, 1.165) is 23.8 Å². The molecule has 2 heteroatoms. The van der Waals surface area contributed by atoms with Crippen LogP contribution in [0.15, 0.2) is 24.3 Å². The Labute approximate surface area is 91.0 Å². The molecule has 1 aromatic rings. The summed E-state index contributed by atoms with van der Waals surface area (Å²) in [6, 6.07) is 7.46. The van der Waals surface area contributed by atoms with Gasteiger partial charge >= 0.3 is 0 Å². The lowest BCUT2D eigenvalue weighted by molar-refractivity contribution is 0.319. The highest BCUT2D eigenvalue weighted by molar-refractivity contribution is 6.30. The van der Waals surface area contributed by atoms with E-state index >= 15 is 0 Å². The summed E-state index contributed by atoms with van der Waals surface area (Å²) in [4.78, 5) is 0. The minimum absolute atomic E-state index is 0.745. The van der Waals surface area contributed by atoms with E-state index in [1.54, 1.807) is 0 Å². The number of rotatable bonds is 6. The number of halogens is 1. The Balaban J connectivity index is 2.15. The van der Waals surface area contributed by atoms with Crippen molar-refractivity contribution < 1.29 is 4.74 Å². The Morgan fingerprint density at radius 3 is 2.57 bits per heavy atom. The summed E-state index contributed by atoms with van der Waals surface area (Å²) in [7, 11) is 0. The number of hydrogen-bond donors (Lipinski definition) is 0. The first kappa shape index (κ1) is 11.4. The molecule has 0 heterocycles. The van der Waals surface area contributed by atoms with Crippen molar-refractivity contribution in [3.8, 4) is 5.75 Å². The van der Waals surface area contributed by atoms with Crippen LogP contribution in [0.1, 0.15) is 26.2 Å². The van der Waals surface area contributed by atoms with Crippen molar-refractivity contribution in [1.82, 2.24) is 0 Å². The molecule has 0 N–H and O–H groups in total. The Morgan fingerprint density at radius 1 is 1.21 bits per heavy atom. The van der Waals surface area contributed by atoms with Gasteiger partial charge in [-0.2, -0.15) is 0 Å². The van der Waals surface area contributed by atoms with E-state index in [0.29, 0.717) is 0 Å². The van der Waals surface area contributed by atoms with Gasteiger partial charge in [0.05, 0.1) is 6.61 Å². The molecular weight excluding hydrogens is 196 g/mol. The summed E-state index contributed by atoms with van der Waals surface area (Å²) in [5.41, 5.74) is 0. The standard InChI is InChI=1S/C12H16ClO/c1-2-3-4-5-10-14-12-8-6-11(13)7-9-12/h4,6-9H,2-3,5,10H2,1H3. The Morgan fingerprint density at radius 2 is 1.93 bits per heavy atom. The lowest BCUT2D eigenvalue weighted by atomic mass is 10.2. The van der Waals surface area contributed by atoms with Crippen LogP contribution in [-0.4, -0.2) is 6.61 Å². The molecule has 77 valence electrons. The van der Waals surface area contributed by atoms with Gasteiger partial charge in [0.1, 0.15) is 5.75 Å². The van der Waals surface area contributed by atoms with E-state index in [2.05, 4.69) is 13.3 Å². The second-order valence-electron chi connectivity index (χ2n) is 3.17. The van der Waals surface area contributed by atoms with Gasteiger partial charge in [-0.25, -0.2) is 0 Å². The molecule has 0 fully saturated rings. The molecular formula is C12H16ClO. The summed E-state index contributed by atoms with van der Waals surface area (Å²) < 4.78 is 5.52. The highest BCUT2D eigenvalue weighted by atomic mass is 35.5. The van der Waals surface area contributed by atoms with Crippen molar-refractivity contribution in [3.63, 3.8) is 0 Å². The third-order valence-corrected chi connectivity index (χ3v) is 2.15. The van der Waals surface area contributed by atoms with Crippen molar-refractivity contribution in [2.45, 2.75) is 26.2 Å². The van der Waals surface area contributed by atoms with E-state index in [4.69, 9.17) is 16.3 Å². The van der Waals surface area contributed by atoms with Crippen molar-refractivity contribution >= 4 is 11.6 Å². The molecule has 14 heavy (non-hydrogen) atoms. The minimum atomic E-state index is 0.745. The quantitative estimate of drug-likeness (QED) is 0.644. The largest absolute Gasteiger partial charge is 0.494 e. The van der Waals surface area contributed by atoms with Gasteiger partial charge in [-0.1, -0.05) is 31.4 Å². The topological polar surface area (TPSA) is 9.23 Å². The predicted octanol–water partition coefficient (Wildman–Crippen LogP) is 4.11. The molecule has 0 aromatic heterocycles. The first-order valence-corrected chi connectivity index (χ1v) is 5.40. The number of ether oxygens (including phenoxy) is 1. The van der Waals surface area contributed by atoms with E-state index in [1.165, 1.54) is 12.8 Å². The van der Waals surface area contributed by atoms with Gasteiger partial charge in [-0.3, -0.25) is 0 Å². The fourth-order valence-corrected chi connectivity index (χ4v) is 1.27. The zero-order chi connectivity index (χ0) is 10.2. The lowest BCUT2D eigenvalue weighted by Crippen LogP contribution is -1.97. The van der Waals surface area contributed by atoms with Crippen LogP contribution in [0.3, 0.4) is 0 Å². The van der Waals surface area contributed by atoms with Crippen molar-refractivity contribution in [2.24, 2.45) is 0 Å². The van der Waals surface area contributed by atoms with Gasteiger partial charge < -0.3 is 4.74 Å². The van der Waals surface area contributed by atoms with Crippen LogP contribution in [0, 0.1) is 6.42 Å². The molecule has 0 saturated heterocycles. The average molecular weight is 212 g/mol. The van der Waals surface area contributed by atoms with Crippen LogP contribution in [-0.2, 0) is 0 Å². The van der Waals surface area contributed by atoms with E-state index in [-0.39, 0.29) is 0 Å². The lowest BCUT2D eigenvalue weighted by Gasteiger charge is -2.05. The highest BCUT2D eigenvalue weighted by Crippen LogP contribution is 2.15. The van der Waals surface area contributed by atoms with E-state index in [1.807, 2.05) is 24.3 Å². The van der Waals surface area contributed by atoms with Gasteiger partial charge in [0, 0.05) is 5.02 Å². The summed E-state index contributed by atoms with van der Waals surface area (Å²) in [6.07, 6.45) is 5.65. The van der Waals surface area contributed by atoms with Crippen molar-refractivity contribution in [1.29, 1.82) is 0 Å².